The van der Waals surface area contributed by atoms with Crippen molar-refractivity contribution >= 4 is 11.7 Å². The van der Waals surface area contributed by atoms with E-state index in [0.717, 1.165) is 24.5 Å². The number of carbonyl (C=O) groups excluding carboxylic acids is 1. The van der Waals surface area contributed by atoms with Crippen LogP contribution in [0.1, 0.15) is 41.4 Å². The van der Waals surface area contributed by atoms with Crippen molar-refractivity contribution in [2.24, 2.45) is 5.92 Å². The molecule has 1 N–H and O–H groups in total. The summed E-state index contributed by atoms with van der Waals surface area (Å²) in [4.78, 5) is 23.2. The van der Waals surface area contributed by atoms with Gasteiger partial charge in [0.1, 0.15) is 11.5 Å². The predicted molar refractivity (Wildman–Crippen MR) is 95.0 cm³/mol. The fraction of sp³-hybridized carbons (Fsp3) is 0.421. The Balaban J connectivity index is 1.59. The molecule has 2 aromatic rings. The molecule has 0 saturated carbocycles. The second-order valence-corrected chi connectivity index (χ2v) is 6.62. The molecule has 1 unspecified atom stereocenters. The standard InChI is InChI=1S/C19H24N4O/c1-14-5-3-7-16(9-14)10-22-19(24)17-11-21-18(12-20-17)23-8-4-6-15(2)13-23/h3,5,7,9,11-12,15H,4,6,8,10,13H2,1-2H3,(H,22,24). The summed E-state index contributed by atoms with van der Waals surface area (Å²) >= 11 is 0. The van der Waals surface area contributed by atoms with Crippen molar-refractivity contribution < 1.29 is 4.79 Å². The number of amides is 1. The first-order valence-electron chi connectivity index (χ1n) is 8.52. The third kappa shape index (κ3) is 4.10. The first-order valence-corrected chi connectivity index (χ1v) is 8.52. The number of piperidine rings is 1. The number of hydrogen-bond acceptors (Lipinski definition) is 4. The van der Waals surface area contributed by atoms with Crippen LogP contribution < -0.4 is 10.2 Å². The quantitative estimate of drug-likeness (QED) is 0.939. The van der Waals surface area contributed by atoms with Gasteiger partial charge in [-0.25, -0.2) is 9.97 Å². The summed E-state index contributed by atoms with van der Waals surface area (Å²) in [5, 5.41) is 2.89. The number of anilines is 1. The molecule has 0 spiro atoms. The van der Waals surface area contributed by atoms with Crippen molar-refractivity contribution in [3.63, 3.8) is 0 Å². The third-order valence-corrected chi connectivity index (χ3v) is 4.39. The first kappa shape index (κ1) is 16.4. The molecular formula is C19H24N4O. The van der Waals surface area contributed by atoms with Gasteiger partial charge >= 0.3 is 0 Å². The van der Waals surface area contributed by atoms with Gasteiger partial charge in [0.25, 0.3) is 5.91 Å². The van der Waals surface area contributed by atoms with E-state index in [1.54, 1.807) is 12.4 Å². The number of nitrogens with zero attached hydrogens (tertiary/aromatic N) is 3. The van der Waals surface area contributed by atoms with Crippen LogP contribution in [-0.2, 0) is 6.54 Å². The fourth-order valence-corrected chi connectivity index (χ4v) is 3.09. The van der Waals surface area contributed by atoms with E-state index in [-0.39, 0.29) is 5.91 Å². The van der Waals surface area contributed by atoms with E-state index >= 15 is 0 Å². The van der Waals surface area contributed by atoms with Crippen LogP contribution in [0.4, 0.5) is 5.82 Å². The molecule has 1 amide bonds. The molecule has 24 heavy (non-hydrogen) atoms. The van der Waals surface area contributed by atoms with E-state index < -0.39 is 0 Å². The second kappa shape index (κ2) is 7.43. The average Bonchev–Trinajstić information content (AvgIpc) is 2.60. The largest absolute Gasteiger partial charge is 0.355 e. The lowest BCUT2D eigenvalue weighted by Crippen LogP contribution is -2.35. The van der Waals surface area contributed by atoms with Crippen LogP contribution in [0.5, 0.6) is 0 Å². The van der Waals surface area contributed by atoms with E-state index in [0.29, 0.717) is 18.2 Å². The molecule has 1 atom stereocenters. The lowest BCUT2D eigenvalue weighted by atomic mass is 10.0. The summed E-state index contributed by atoms with van der Waals surface area (Å²) in [5.74, 6) is 1.34. The van der Waals surface area contributed by atoms with Crippen LogP contribution in [-0.4, -0.2) is 29.0 Å². The van der Waals surface area contributed by atoms with Gasteiger partial charge in [-0.2, -0.15) is 0 Å². The van der Waals surface area contributed by atoms with Crippen molar-refractivity contribution in [2.75, 3.05) is 18.0 Å². The predicted octanol–water partition coefficient (Wildman–Crippen LogP) is 2.95. The van der Waals surface area contributed by atoms with E-state index in [1.807, 2.05) is 25.1 Å². The minimum atomic E-state index is -0.192. The van der Waals surface area contributed by atoms with Crippen molar-refractivity contribution in [1.82, 2.24) is 15.3 Å². The van der Waals surface area contributed by atoms with Gasteiger partial charge in [-0.1, -0.05) is 36.8 Å². The Bertz CT molecular complexity index is 699. The molecule has 1 aromatic carbocycles. The summed E-state index contributed by atoms with van der Waals surface area (Å²) < 4.78 is 0. The summed E-state index contributed by atoms with van der Waals surface area (Å²) in [6.45, 7) is 6.81. The molecule has 1 saturated heterocycles. The van der Waals surface area contributed by atoms with Crippen LogP contribution in [0.25, 0.3) is 0 Å². The average molecular weight is 324 g/mol. The van der Waals surface area contributed by atoms with E-state index in [4.69, 9.17) is 0 Å². The lowest BCUT2D eigenvalue weighted by molar-refractivity contribution is 0.0945. The van der Waals surface area contributed by atoms with Crippen molar-refractivity contribution in [2.45, 2.75) is 33.2 Å². The molecule has 0 aliphatic carbocycles. The highest BCUT2D eigenvalue weighted by Crippen LogP contribution is 2.20. The Labute approximate surface area is 143 Å². The highest BCUT2D eigenvalue weighted by atomic mass is 16.1. The maximum atomic E-state index is 12.2. The van der Waals surface area contributed by atoms with Gasteiger partial charge in [0.05, 0.1) is 12.4 Å². The smallest absolute Gasteiger partial charge is 0.271 e. The van der Waals surface area contributed by atoms with Crippen molar-refractivity contribution in [1.29, 1.82) is 0 Å². The molecule has 126 valence electrons. The minimum absolute atomic E-state index is 0.192. The minimum Gasteiger partial charge on any atom is -0.355 e. The van der Waals surface area contributed by atoms with E-state index in [1.165, 1.54) is 18.4 Å². The highest BCUT2D eigenvalue weighted by molar-refractivity contribution is 5.91. The molecule has 1 fully saturated rings. The molecule has 3 rings (SSSR count). The van der Waals surface area contributed by atoms with Crippen LogP contribution in [0, 0.1) is 12.8 Å². The number of hydrogen-bond donors (Lipinski definition) is 1. The van der Waals surface area contributed by atoms with Gasteiger partial charge in [-0.3, -0.25) is 4.79 Å². The van der Waals surface area contributed by atoms with Gasteiger partial charge in [0.15, 0.2) is 0 Å². The molecular weight excluding hydrogens is 300 g/mol. The third-order valence-electron chi connectivity index (χ3n) is 4.39. The lowest BCUT2D eigenvalue weighted by Gasteiger charge is -2.31. The molecule has 2 heterocycles. The number of rotatable bonds is 4. The number of benzene rings is 1. The van der Waals surface area contributed by atoms with Gasteiger partial charge in [0, 0.05) is 19.6 Å². The zero-order chi connectivity index (χ0) is 16.9. The number of aryl methyl sites for hydroxylation is 1. The zero-order valence-electron chi connectivity index (χ0n) is 14.3. The van der Waals surface area contributed by atoms with Gasteiger partial charge in [0.2, 0.25) is 0 Å². The Morgan fingerprint density at radius 1 is 1.33 bits per heavy atom. The summed E-state index contributed by atoms with van der Waals surface area (Å²) in [5.41, 5.74) is 2.62. The SMILES string of the molecule is Cc1cccc(CNC(=O)c2cnc(N3CCCC(C)C3)cn2)c1. The topological polar surface area (TPSA) is 58.1 Å². The summed E-state index contributed by atoms with van der Waals surface area (Å²) in [7, 11) is 0. The Morgan fingerprint density at radius 3 is 2.92 bits per heavy atom. The molecule has 1 aliphatic heterocycles. The van der Waals surface area contributed by atoms with Crippen LogP contribution in [0.15, 0.2) is 36.7 Å². The molecule has 0 radical (unpaired) electrons. The van der Waals surface area contributed by atoms with Gasteiger partial charge in [-0.05, 0) is 31.2 Å². The molecule has 0 bridgehead atoms. The zero-order valence-corrected chi connectivity index (χ0v) is 14.3. The molecule has 5 nitrogen and oxygen atoms in total. The molecule has 1 aromatic heterocycles. The molecule has 1 aliphatic rings. The van der Waals surface area contributed by atoms with Crippen molar-refractivity contribution in [3.05, 3.63) is 53.5 Å². The van der Waals surface area contributed by atoms with Gasteiger partial charge in [-0.15, -0.1) is 0 Å². The number of aromatic nitrogens is 2. The Kier molecular flexibility index (Phi) is 5.08. The number of carbonyl (C=O) groups is 1. The monoisotopic (exact) mass is 324 g/mol. The Morgan fingerprint density at radius 2 is 2.21 bits per heavy atom. The van der Waals surface area contributed by atoms with E-state index in [2.05, 4.69) is 33.2 Å². The van der Waals surface area contributed by atoms with E-state index in [9.17, 15) is 4.79 Å². The number of nitrogens with one attached hydrogen (secondary N) is 1. The summed E-state index contributed by atoms with van der Waals surface area (Å²) in [6.07, 6.45) is 5.73. The van der Waals surface area contributed by atoms with Gasteiger partial charge < -0.3 is 10.2 Å². The van der Waals surface area contributed by atoms with Crippen LogP contribution in [0.3, 0.4) is 0 Å². The maximum Gasteiger partial charge on any atom is 0.271 e. The van der Waals surface area contributed by atoms with Crippen LogP contribution in [0.2, 0.25) is 0 Å². The highest BCUT2D eigenvalue weighted by Gasteiger charge is 2.18. The first-order chi connectivity index (χ1) is 11.6. The van der Waals surface area contributed by atoms with Crippen LogP contribution >= 0.6 is 0 Å². The fourth-order valence-electron chi connectivity index (χ4n) is 3.09. The summed E-state index contributed by atoms with van der Waals surface area (Å²) in [6, 6.07) is 8.09. The normalized spacial score (nSPS) is 17.6. The molecule has 5 heteroatoms. The second-order valence-electron chi connectivity index (χ2n) is 6.62. The Hall–Kier alpha value is -2.43. The van der Waals surface area contributed by atoms with Crippen molar-refractivity contribution in [3.8, 4) is 0 Å². The maximum absolute atomic E-state index is 12.2.